The molecule has 0 bridgehead atoms. The van der Waals surface area contributed by atoms with Gasteiger partial charge in [-0.2, -0.15) is 10.1 Å². The van der Waals surface area contributed by atoms with E-state index in [9.17, 15) is 9.90 Å². The zero-order chi connectivity index (χ0) is 30.0. The standard InChI is InChI=1S/C28H34Cl2N8O4/c1-5-22(39)32-18-8-6-7-9-19(18)33-27-31-13-16-14-37(25-23(29)20(41-3)12-21(42-4)24(25)30)28(40)38(26(16)34-27)15-17-10-11-36(2)35-17/h5,10-13,18-19,28,40H,1,6-9,14-15H2,2-4H3,(H,32,39)(H,31,33,34)/t18-,19+,28+/m0/s1. The van der Waals surface area contributed by atoms with Gasteiger partial charge in [-0.15, -0.1) is 0 Å². The summed E-state index contributed by atoms with van der Waals surface area (Å²) in [7, 11) is 4.82. The second-order valence-corrected chi connectivity index (χ2v) is 11.0. The molecule has 2 aliphatic rings. The SMILES string of the molecule is C=CC(=O)N[C@H]1CCCC[C@H]1Nc1ncc2c(n1)N(Cc1ccn(C)n1)[C@H](O)N(c1c(Cl)c(OC)cc(OC)c1Cl)C2. The van der Waals surface area contributed by atoms with Crippen LogP contribution >= 0.6 is 23.2 Å². The van der Waals surface area contributed by atoms with E-state index in [1.54, 1.807) is 26.7 Å². The Hall–Kier alpha value is -3.74. The van der Waals surface area contributed by atoms with Crippen LogP contribution in [0.5, 0.6) is 11.5 Å². The molecule has 1 aliphatic heterocycles. The molecular weight excluding hydrogens is 583 g/mol. The number of amides is 1. The summed E-state index contributed by atoms with van der Waals surface area (Å²) in [5.74, 6) is 1.42. The number of nitrogens with zero attached hydrogens (tertiary/aromatic N) is 6. The molecule has 0 spiro atoms. The van der Waals surface area contributed by atoms with Gasteiger partial charge in [-0.3, -0.25) is 9.48 Å². The zero-order valence-corrected chi connectivity index (χ0v) is 25.2. The number of aromatic nitrogens is 4. The summed E-state index contributed by atoms with van der Waals surface area (Å²) < 4.78 is 12.6. The van der Waals surface area contributed by atoms with Gasteiger partial charge in [-0.1, -0.05) is 42.6 Å². The molecule has 3 heterocycles. The number of carbonyl (C=O) groups excluding carboxylic acids is 1. The number of carbonyl (C=O) groups is 1. The van der Waals surface area contributed by atoms with E-state index < -0.39 is 6.35 Å². The molecule has 5 rings (SSSR count). The van der Waals surface area contributed by atoms with Crippen LogP contribution in [0.3, 0.4) is 0 Å². The van der Waals surface area contributed by atoms with E-state index in [2.05, 4.69) is 27.3 Å². The number of ether oxygens (including phenoxy) is 2. The first-order valence-electron chi connectivity index (χ1n) is 13.6. The van der Waals surface area contributed by atoms with Crippen LogP contribution < -0.4 is 29.9 Å². The fourth-order valence-corrected chi connectivity index (χ4v) is 6.17. The lowest BCUT2D eigenvalue weighted by atomic mass is 9.90. The molecule has 1 amide bonds. The molecule has 12 nitrogen and oxygen atoms in total. The van der Waals surface area contributed by atoms with Crippen molar-refractivity contribution in [2.24, 2.45) is 7.05 Å². The predicted octanol–water partition coefficient (Wildman–Crippen LogP) is 3.86. The van der Waals surface area contributed by atoms with Crippen LogP contribution in [0.4, 0.5) is 17.5 Å². The maximum absolute atomic E-state index is 12.0. The third-order valence-corrected chi connectivity index (χ3v) is 8.27. The van der Waals surface area contributed by atoms with Gasteiger partial charge in [0.15, 0.2) is 0 Å². The number of aliphatic hydroxyl groups excluding tert-OH is 1. The Balaban J connectivity index is 1.53. The van der Waals surface area contributed by atoms with Gasteiger partial charge in [-0.25, -0.2) is 4.98 Å². The molecule has 1 aromatic carbocycles. The highest BCUT2D eigenvalue weighted by atomic mass is 35.5. The molecule has 3 atom stereocenters. The van der Waals surface area contributed by atoms with E-state index in [4.69, 9.17) is 37.7 Å². The van der Waals surface area contributed by atoms with Crippen molar-refractivity contribution in [2.75, 3.05) is 29.3 Å². The topological polar surface area (TPSA) is 130 Å². The quantitative estimate of drug-likeness (QED) is 0.305. The summed E-state index contributed by atoms with van der Waals surface area (Å²) in [5, 5.41) is 23.2. The zero-order valence-electron chi connectivity index (χ0n) is 23.7. The molecule has 0 unspecified atom stereocenters. The number of halogens is 2. The highest BCUT2D eigenvalue weighted by Gasteiger charge is 2.37. The molecule has 3 N–H and O–H groups in total. The fourth-order valence-electron chi connectivity index (χ4n) is 5.45. The molecule has 42 heavy (non-hydrogen) atoms. The van der Waals surface area contributed by atoms with Crippen molar-refractivity contribution in [3.05, 3.63) is 58.5 Å². The molecule has 224 valence electrons. The van der Waals surface area contributed by atoms with Crippen LogP contribution in [0, 0.1) is 0 Å². The number of anilines is 3. The van der Waals surface area contributed by atoms with Gasteiger partial charge >= 0.3 is 0 Å². The first kappa shape index (κ1) is 29.7. The lowest BCUT2D eigenvalue weighted by molar-refractivity contribution is -0.117. The molecule has 0 radical (unpaired) electrons. The van der Waals surface area contributed by atoms with E-state index in [0.717, 1.165) is 36.9 Å². The van der Waals surface area contributed by atoms with Gasteiger partial charge < -0.3 is 35.0 Å². The van der Waals surface area contributed by atoms with Crippen LogP contribution in [-0.2, 0) is 24.9 Å². The van der Waals surface area contributed by atoms with Crippen molar-refractivity contribution < 1.29 is 19.4 Å². The smallest absolute Gasteiger partial charge is 0.243 e. The molecule has 1 fully saturated rings. The Morgan fingerprint density at radius 3 is 2.50 bits per heavy atom. The second-order valence-electron chi connectivity index (χ2n) is 10.2. The summed E-state index contributed by atoms with van der Waals surface area (Å²) >= 11 is 13.5. The van der Waals surface area contributed by atoms with Gasteiger partial charge in [0.1, 0.15) is 27.4 Å². The van der Waals surface area contributed by atoms with E-state index in [-0.39, 0.29) is 41.1 Å². The van der Waals surface area contributed by atoms with Crippen LogP contribution in [-0.4, -0.2) is 63.4 Å². The van der Waals surface area contributed by atoms with Crippen molar-refractivity contribution in [1.82, 2.24) is 25.1 Å². The van der Waals surface area contributed by atoms with Crippen LogP contribution in [0.2, 0.25) is 10.0 Å². The summed E-state index contributed by atoms with van der Waals surface area (Å²) in [4.78, 5) is 24.9. The number of nitrogens with one attached hydrogen (secondary N) is 2. The van der Waals surface area contributed by atoms with E-state index in [0.29, 0.717) is 29.0 Å². The van der Waals surface area contributed by atoms with Crippen molar-refractivity contribution >= 4 is 46.6 Å². The molecular formula is C28H34Cl2N8O4. The number of methoxy groups -OCH3 is 2. The molecule has 0 saturated heterocycles. The van der Waals surface area contributed by atoms with E-state index in [1.165, 1.54) is 20.3 Å². The second kappa shape index (κ2) is 12.6. The minimum Gasteiger partial charge on any atom is -0.495 e. The van der Waals surface area contributed by atoms with Gasteiger partial charge in [0, 0.05) is 43.2 Å². The third kappa shape index (κ3) is 5.92. The Morgan fingerprint density at radius 1 is 1.19 bits per heavy atom. The van der Waals surface area contributed by atoms with Crippen molar-refractivity contribution in [1.29, 1.82) is 0 Å². The molecule has 1 aliphatic carbocycles. The van der Waals surface area contributed by atoms with Crippen LogP contribution in [0.1, 0.15) is 36.9 Å². The highest BCUT2D eigenvalue weighted by Crippen LogP contribution is 2.48. The number of aliphatic hydroxyl groups is 1. The van der Waals surface area contributed by atoms with Crippen LogP contribution in [0.25, 0.3) is 0 Å². The summed E-state index contributed by atoms with van der Waals surface area (Å²) in [5.41, 5.74) is 1.80. The lowest BCUT2D eigenvalue weighted by Crippen LogP contribution is -2.53. The number of hydrogen-bond acceptors (Lipinski definition) is 10. The van der Waals surface area contributed by atoms with Gasteiger partial charge in [0.25, 0.3) is 0 Å². The maximum atomic E-state index is 12.0. The molecule has 3 aromatic rings. The van der Waals surface area contributed by atoms with Crippen LogP contribution in [0.15, 0.2) is 37.2 Å². The normalized spacial score (nSPS) is 20.1. The Labute approximate surface area is 254 Å². The van der Waals surface area contributed by atoms with Crippen molar-refractivity contribution in [2.45, 2.75) is 57.2 Å². The predicted molar refractivity (Wildman–Crippen MR) is 161 cm³/mol. The minimum absolute atomic E-state index is 0.0585. The highest BCUT2D eigenvalue weighted by molar-refractivity contribution is 6.41. The Kier molecular flexibility index (Phi) is 8.95. The number of rotatable bonds is 9. The first-order valence-corrected chi connectivity index (χ1v) is 14.3. The number of aryl methyl sites for hydroxylation is 1. The maximum Gasteiger partial charge on any atom is 0.243 e. The monoisotopic (exact) mass is 616 g/mol. The lowest BCUT2D eigenvalue weighted by Gasteiger charge is -2.43. The van der Waals surface area contributed by atoms with Crippen molar-refractivity contribution in [3.8, 4) is 11.5 Å². The fraction of sp³-hybridized carbons (Fsp3) is 0.429. The van der Waals surface area contributed by atoms with Gasteiger partial charge in [-0.05, 0) is 25.0 Å². The molecule has 1 saturated carbocycles. The Morgan fingerprint density at radius 2 is 1.88 bits per heavy atom. The molecule has 14 heteroatoms. The number of fused-ring (bicyclic) bond motifs is 1. The van der Waals surface area contributed by atoms with E-state index >= 15 is 0 Å². The summed E-state index contributed by atoms with van der Waals surface area (Å²) in [6.07, 6.45) is 7.33. The average Bonchev–Trinajstić information content (AvgIpc) is 3.40. The summed E-state index contributed by atoms with van der Waals surface area (Å²) in [6.45, 7) is 4.00. The molecule has 2 aromatic heterocycles. The first-order chi connectivity index (χ1) is 20.2. The minimum atomic E-state index is -1.23. The average molecular weight is 618 g/mol. The van der Waals surface area contributed by atoms with E-state index in [1.807, 2.05) is 19.3 Å². The van der Waals surface area contributed by atoms with Crippen molar-refractivity contribution in [3.63, 3.8) is 0 Å². The Bertz CT molecular complexity index is 1440. The number of hydrogen-bond donors (Lipinski definition) is 3. The third-order valence-electron chi connectivity index (χ3n) is 7.54. The van der Waals surface area contributed by atoms with Gasteiger partial charge in [0.2, 0.25) is 18.2 Å². The van der Waals surface area contributed by atoms with Gasteiger partial charge in [0.05, 0.1) is 38.7 Å². The number of benzene rings is 1. The summed E-state index contributed by atoms with van der Waals surface area (Å²) in [6, 6.07) is 3.33. The largest absolute Gasteiger partial charge is 0.495 e.